The molecule has 0 amide bonds. The van der Waals surface area contributed by atoms with Crippen LogP contribution in [0.3, 0.4) is 0 Å². The first-order valence-corrected chi connectivity index (χ1v) is 14.5. The summed E-state index contributed by atoms with van der Waals surface area (Å²) in [5.41, 5.74) is -2.14. The Kier molecular flexibility index (Phi) is 7.39. The van der Waals surface area contributed by atoms with Crippen molar-refractivity contribution < 1.29 is 52.6 Å². The van der Waals surface area contributed by atoms with Crippen molar-refractivity contribution in [1.82, 2.24) is 0 Å². The highest BCUT2D eigenvalue weighted by atomic mass is 16.7. The molecule has 0 saturated carbocycles. The number of benzene rings is 2. The van der Waals surface area contributed by atoms with E-state index in [0.29, 0.717) is 22.4 Å². The van der Waals surface area contributed by atoms with E-state index >= 15 is 0 Å². The summed E-state index contributed by atoms with van der Waals surface area (Å²) in [6.45, 7) is 6.13. The van der Waals surface area contributed by atoms with Crippen molar-refractivity contribution in [3.8, 4) is 17.2 Å². The minimum absolute atomic E-state index is 0.0790. The van der Waals surface area contributed by atoms with Gasteiger partial charge in [0, 0.05) is 22.6 Å². The van der Waals surface area contributed by atoms with Gasteiger partial charge in [-0.25, -0.2) is 9.59 Å². The van der Waals surface area contributed by atoms with Crippen LogP contribution < -0.4 is 14.2 Å². The van der Waals surface area contributed by atoms with E-state index < -0.39 is 46.9 Å². The lowest BCUT2D eigenvalue weighted by Crippen LogP contribution is -2.58. The minimum atomic E-state index is -1.93. The molecule has 0 fully saturated rings. The van der Waals surface area contributed by atoms with Gasteiger partial charge in [-0.05, 0) is 50.6 Å². The summed E-state index contributed by atoms with van der Waals surface area (Å²) < 4.78 is 41.2. The van der Waals surface area contributed by atoms with E-state index in [1.807, 2.05) is 0 Å². The fourth-order valence-electron chi connectivity index (χ4n) is 6.46. The van der Waals surface area contributed by atoms with Crippen LogP contribution in [0.1, 0.15) is 55.3 Å². The number of carbonyl (C=O) groups is 3. The van der Waals surface area contributed by atoms with E-state index in [0.717, 1.165) is 0 Å². The Morgan fingerprint density at radius 1 is 1.04 bits per heavy atom. The Labute approximate surface area is 259 Å². The van der Waals surface area contributed by atoms with E-state index in [9.17, 15) is 19.5 Å². The molecular weight excluding hydrogens is 584 g/mol. The van der Waals surface area contributed by atoms with Crippen molar-refractivity contribution in [3.05, 3.63) is 87.9 Å². The van der Waals surface area contributed by atoms with Crippen molar-refractivity contribution in [2.45, 2.75) is 50.9 Å². The number of allylic oxidation sites excluding steroid dienone is 3. The van der Waals surface area contributed by atoms with Gasteiger partial charge < -0.3 is 38.3 Å². The van der Waals surface area contributed by atoms with Gasteiger partial charge in [-0.3, -0.25) is 4.79 Å². The molecule has 0 radical (unpaired) electrons. The number of hydrogen-bond acceptors (Lipinski definition) is 11. The molecule has 6 rings (SSSR count). The average molecular weight is 619 g/mol. The lowest BCUT2D eigenvalue weighted by atomic mass is 9.59. The van der Waals surface area contributed by atoms with Crippen molar-refractivity contribution in [3.63, 3.8) is 0 Å². The molecule has 0 aromatic heterocycles. The van der Waals surface area contributed by atoms with Gasteiger partial charge in [0.2, 0.25) is 24.1 Å². The first kappa shape index (κ1) is 30.3. The van der Waals surface area contributed by atoms with Crippen LogP contribution in [0.2, 0.25) is 0 Å². The second kappa shape index (κ2) is 11.0. The SMILES string of the molecule is C/C=C(\C)C(=O)O[C@@H]1c2cc3c(c4c2C2(CO4)C(=O)C(OC)=C(OC)C=C2[C@@H](OC(=O)c2ccccc2)[C@@](C)(O)[C@H]1C)OCO3. The molecule has 236 valence electrons. The van der Waals surface area contributed by atoms with E-state index in [-0.39, 0.29) is 47.6 Å². The van der Waals surface area contributed by atoms with Crippen LogP contribution in [0.15, 0.2) is 71.2 Å². The van der Waals surface area contributed by atoms with Crippen LogP contribution >= 0.6 is 0 Å². The largest absolute Gasteiger partial charge is 0.493 e. The first-order valence-electron chi connectivity index (χ1n) is 14.5. The Morgan fingerprint density at radius 3 is 2.44 bits per heavy atom. The number of ether oxygens (including phenoxy) is 7. The van der Waals surface area contributed by atoms with Gasteiger partial charge in [-0.2, -0.15) is 0 Å². The maximum atomic E-state index is 14.8. The van der Waals surface area contributed by atoms with Gasteiger partial charge in [0.1, 0.15) is 23.7 Å². The molecule has 2 aliphatic carbocycles. The predicted octanol–water partition coefficient (Wildman–Crippen LogP) is 4.24. The molecule has 5 atom stereocenters. The molecule has 45 heavy (non-hydrogen) atoms. The molecule has 2 aliphatic heterocycles. The predicted molar refractivity (Wildman–Crippen MR) is 158 cm³/mol. The molecule has 2 aromatic rings. The summed E-state index contributed by atoms with van der Waals surface area (Å²) in [5, 5.41) is 12.5. The van der Waals surface area contributed by atoms with Crippen molar-refractivity contribution >= 4 is 17.7 Å². The van der Waals surface area contributed by atoms with Crippen LogP contribution in [0.4, 0.5) is 0 Å². The van der Waals surface area contributed by atoms with Gasteiger partial charge in [0.05, 0.1) is 19.8 Å². The number of Topliss-reactive ketones (excluding diaryl/α,β-unsaturated/α-hetero) is 1. The third-order valence-corrected chi connectivity index (χ3v) is 9.25. The standard InChI is InChI=1S/C34H34O11/c1-7-17(2)31(36)44-25-18(3)33(4,38)30(45-32(37)19-11-9-8-10-12-19)21-14-22(39-5)27(40-6)29(35)34(21)15-41-28-24(34)20(25)13-23-26(28)43-16-42-23/h7-14,18,25,30,38H,15-16H2,1-6H3/b17-7+/t18-,25-,30+,33-,34?/m0/s1. The van der Waals surface area contributed by atoms with Crippen LogP contribution in [-0.2, 0) is 34.0 Å². The fraction of sp³-hybridized carbons (Fsp3) is 0.382. The zero-order valence-corrected chi connectivity index (χ0v) is 25.8. The minimum Gasteiger partial charge on any atom is -0.493 e. The Hall–Kier alpha value is -4.77. The van der Waals surface area contributed by atoms with E-state index in [1.165, 1.54) is 21.1 Å². The van der Waals surface area contributed by atoms with Crippen LogP contribution in [0, 0.1) is 5.92 Å². The number of carbonyl (C=O) groups excluding carboxylic acids is 3. The van der Waals surface area contributed by atoms with Crippen molar-refractivity contribution in [2.24, 2.45) is 5.92 Å². The highest BCUT2D eigenvalue weighted by Crippen LogP contribution is 2.62. The third kappa shape index (κ3) is 4.40. The molecule has 1 N–H and O–H groups in total. The smallest absolute Gasteiger partial charge is 0.338 e. The molecule has 11 nitrogen and oxygen atoms in total. The maximum absolute atomic E-state index is 14.8. The maximum Gasteiger partial charge on any atom is 0.338 e. The summed E-state index contributed by atoms with van der Waals surface area (Å²) in [5.74, 6) is -2.02. The lowest BCUT2D eigenvalue weighted by Gasteiger charge is -2.48. The number of aliphatic hydroxyl groups is 1. The molecule has 1 unspecified atom stereocenters. The number of esters is 2. The van der Waals surface area contributed by atoms with Gasteiger partial charge in [-0.1, -0.05) is 31.2 Å². The van der Waals surface area contributed by atoms with E-state index in [4.69, 9.17) is 33.2 Å². The van der Waals surface area contributed by atoms with Crippen LogP contribution in [-0.4, -0.2) is 62.2 Å². The zero-order valence-electron chi connectivity index (χ0n) is 25.8. The van der Waals surface area contributed by atoms with Gasteiger partial charge >= 0.3 is 11.9 Å². The summed E-state index contributed by atoms with van der Waals surface area (Å²) in [7, 11) is 2.73. The lowest BCUT2D eigenvalue weighted by molar-refractivity contribution is -0.163. The summed E-state index contributed by atoms with van der Waals surface area (Å²) >= 11 is 0. The topological polar surface area (TPSA) is 136 Å². The molecule has 2 heterocycles. The summed E-state index contributed by atoms with van der Waals surface area (Å²) in [6.07, 6.45) is 0.550. The van der Waals surface area contributed by atoms with Gasteiger partial charge in [0.25, 0.3) is 0 Å². The molecule has 0 saturated heterocycles. The molecule has 11 heteroatoms. The normalized spacial score (nSPS) is 28.2. The quantitative estimate of drug-likeness (QED) is 0.368. The number of methoxy groups -OCH3 is 2. The molecule has 1 spiro atoms. The van der Waals surface area contributed by atoms with Crippen LogP contribution in [0.25, 0.3) is 0 Å². The highest BCUT2D eigenvalue weighted by molar-refractivity contribution is 6.09. The average Bonchev–Trinajstić information content (AvgIpc) is 3.68. The summed E-state index contributed by atoms with van der Waals surface area (Å²) in [4.78, 5) is 41.7. The number of ketones is 1. The van der Waals surface area contributed by atoms with Crippen molar-refractivity contribution in [1.29, 1.82) is 0 Å². The zero-order chi connectivity index (χ0) is 32.3. The van der Waals surface area contributed by atoms with Gasteiger partial charge in [-0.15, -0.1) is 0 Å². The number of hydrogen-bond donors (Lipinski definition) is 1. The van der Waals surface area contributed by atoms with E-state index in [1.54, 1.807) is 69.3 Å². The Bertz CT molecular complexity index is 1680. The van der Waals surface area contributed by atoms with E-state index in [2.05, 4.69) is 0 Å². The number of fused-ring (bicyclic) bond motifs is 2. The molecule has 4 aliphatic rings. The Morgan fingerprint density at radius 2 is 1.78 bits per heavy atom. The second-order valence-electron chi connectivity index (χ2n) is 11.6. The van der Waals surface area contributed by atoms with Gasteiger partial charge in [0.15, 0.2) is 23.4 Å². The monoisotopic (exact) mass is 618 g/mol. The highest BCUT2D eigenvalue weighted by Gasteiger charge is 2.64. The van der Waals surface area contributed by atoms with Crippen molar-refractivity contribution in [2.75, 3.05) is 27.6 Å². The molecule has 0 bridgehead atoms. The second-order valence-corrected chi connectivity index (χ2v) is 11.6. The molecule has 2 aromatic carbocycles. The third-order valence-electron chi connectivity index (χ3n) is 9.25. The molecular formula is C34H34O11. The summed E-state index contributed by atoms with van der Waals surface area (Å²) in [6, 6.07) is 9.95. The Balaban J connectivity index is 1.67. The van der Waals surface area contributed by atoms with Crippen LogP contribution in [0.5, 0.6) is 17.2 Å². The number of rotatable bonds is 6. The fourth-order valence-corrected chi connectivity index (χ4v) is 6.46. The first-order chi connectivity index (χ1) is 21.5.